The number of methoxy groups -OCH3 is 1. The van der Waals surface area contributed by atoms with Crippen LogP contribution in [-0.2, 0) is 10.0 Å². The molecule has 0 fully saturated rings. The summed E-state index contributed by atoms with van der Waals surface area (Å²) in [5.74, 6) is 0.497. The third kappa shape index (κ3) is 2.88. The lowest BCUT2D eigenvalue weighted by Gasteiger charge is -2.09. The van der Waals surface area contributed by atoms with Crippen LogP contribution in [0, 0.1) is 0 Å². The van der Waals surface area contributed by atoms with Crippen molar-refractivity contribution in [2.75, 3.05) is 16.5 Å². The van der Waals surface area contributed by atoms with Crippen molar-refractivity contribution >= 4 is 31.6 Å². The predicted molar refractivity (Wildman–Crippen MR) is 59.3 cm³/mol. The van der Waals surface area contributed by atoms with Crippen molar-refractivity contribution in [3.63, 3.8) is 0 Å². The summed E-state index contributed by atoms with van der Waals surface area (Å²) in [4.78, 5) is 0. The molecule has 4 nitrogen and oxygen atoms in total. The fraction of sp³-hybridized carbons (Fsp3) is 0.250. The molecule has 0 heterocycles. The van der Waals surface area contributed by atoms with Gasteiger partial charge in [0, 0.05) is 0 Å². The molecule has 0 bridgehead atoms. The summed E-state index contributed by atoms with van der Waals surface area (Å²) in [5, 5.41) is 0. The molecule has 0 aliphatic carbocycles. The zero-order valence-corrected chi connectivity index (χ0v) is 9.93. The van der Waals surface area contributed by atoms with Gasteiger partial charge in [-0.2, -0.15) is 0 Å². The van der Waals surface area contributed by atoms with Gasteiger partial charge in [0.2, 0.25) is 10.0 Å². The van der Waals surface area contributed by atoms with E-state index in [1.807, 2.05) is 0 Å². The Bertz CT molecular complexity index is 405. The number of benzene rings is 1. The lowest BCUT2D eigenvalue weighted by molar-refractivity contribution is 0.417. The molecule has 0 aromatic heterocycles. The highest BCUT2D eigenvalue weighted by molar-refractivity contribution is 9.10. The summed E-state index contributed by atoms with van der Waals surface area (Å²) in [7, 11) is -1.83. The smallest absolute Gasteiger partial charge is 0.242 e. The van der Waals surface area contributed by atoms with E-state index in [2.05, 4.69) is 20.7 Å². The number of ether oxygens (including phenoxy) is 1. The Kier molecular flexibility index (Phi) is 3.77. The van der Waals surface area contributed by atoms with E-state index >= 15 is 0 Å². The van der Waals surface area contributed by atoms with Gasteiger partial charge in [-0.1, -0.05) is 28.1 Å². The van der Waals surface area contributed by atoms with Crippen LogP contribution >= 0.6 is 15.9 Å². The van der Waals surface area contributed by atoms with Crippen LogP contribution < -0.4 is 9.46 Å². The lowest BCUT2D eigenvalue weighted by Crippen LogP contribution is -2.13. The monoisotopic (exact) mass is 279 g/mol. The van der Waals surface area contributed by atoms with Crippen LogP contribution in [0.2, 0.25) is 0 Å². The van der Waals surface area contributed by atoms with Gasteiger partial charge in [-0.05, 0) is 12.1 Å². The van der Waals surface area contributed by atoms with Crippen molar-refractivity contribution in [2.24, 2.45) is 0 Å². The van der Waals surface area contributed by atoms with Crippen molar-refractivity contribution in [3.8, 4) is 5.75 Å². The van der Waals surface area contributed by atoms with Crippen molar-refractivity contribution in [1.82, 2.24) is 0 Å². The number of hydrogen-bond acceptors (Lipinski definition) is 3. The number of halogens is 1. The van der Waals surface area contributed by atoms with E-state index in [9.17, 15) is 8.42 Å². The second-order valence-electron chi connectivity index (χ2n) is 2.53. The number of anilines is 1. The minimum absolute atomic E-state index is 0.141. The first-order valence-electron chi connectivity index (χ1n) is 3.78. The number of alkyl halides is 1. The molecule has 14 heavy (non-hydrogen) atoms. The molecule has 0 saturated heterocycles. The summed E-state index contributed by atoms with van der Waals surface area (Å²) in [5.41, 5.74) is 0.439. The predicted octanol–water partition coefficient (Wildman–Crippen LogP) is 1.79. The van der Waals surface area contributed by atoms with Gasteiger partial charge in [0.05, 0.1) is 12.8 Å². The van der Waals surface area contributed by atoms with E-state index in [4.69, 9.17) is 4.74 Å². The zero-order valence-electron chi connectivity index (χ0n) is 7.53. The van der Waals surface area contributed by atoms with Crippen LogP contribution in [0.15, 0.2) is 24.3 Å². The molecule has 0 radical (unpaired) electrons. The molecule has 1 N–H and O–H groups in total. The molecule has 0 unspecified atom stereocenters. The Morgan fingerprint density at radius 1 is 1.43 bits per heavy atom. The van der Waals surface area contributed by atoms with Crippen LogP contribution in [0.5, 0.6) is 5.75 Å². The standard InChI is InChI=1S/C8H10BrNO3S/c1-13-8-5-3-2-4-7(8)10-14(11,12)6-9/h2-5,10H,6H2,1H3. The first-order chi connectivity index (χ1) is 6.59. The number of nitrogens with one attached hydrogen (secondary N) is 1. The Labute approximate surface area is 91.5 Å². The fourth-order valence-electron chi connectivity index (χ4n) is 0.924. The summed E-state index contributed by atoms with van der Waals surface area (Å²) in [6, 6.07) is 6.82. The highest BCUT2D eigenvalue weighted by Crippen LogP contribution is 2.24. The van der Waals surface area contributed by atoms with Crippen molar-refractivity contribution in [3.05, 3.63) is 24.3 Å². The topological polar surface area (TPSA) is 55.4 Å². The number of hydrogen-bond donors (Lipinski definition) is 1. The first kappa shape index (κ1) is 11.3. The van der Waals surface area contributed by atoms with Crippen LogP contribution in [0.25, 0.3) is 0 Å². The maximum Gasteiger partial charge on any atom is 0.242 e. The number of sulfonamides is 1. The highest BCUT2D eigenvalue weighted by atomic mass is 79.9. The molecule has 0 amide bonds. The fourth-order valence-corrected chi connectivity index (χ4v) is 1.83. The van der Waals surface area contributed by atoms with E-state index in [0.717, 1.165) is 0 Å². The van der Waals surface area contributed by atoms with Crippen LogP contribution in [0.4, 0.5) is 5.69 Å². The zero-order chi connectivity index (χ0) is 10.6. The average Bonchev–Trinajstić information content (AvgIpc) is 2.18. The molecule has 1 aromatic rings. The molecular weight excluding hydrogens is 270 g/mol. The van der Waals surface area contributed by atoms with Crippen LogP contribution in [-0.4, -0.2) is 20.2 Å². The van der Waals surface area contributed by atoms with E-state index in [0.29, 0.717) is 11.4 Å². The Morgan fingerprint density at radius 2 is 2.07 bits per heavy atom. The summed E-state index contributed by atoms with van der Waals surface area (Å²) < 4.78 is 29.7. The second-order valence-corrected chi connectivity index (χ2v) is 5.55. The third-order valence-electron chi connectivity index (χ3n) is 1.52. The Hall–Kier alpha value is -0.750. The molecule has 0 saturated carbocycles. The van der Waals surface area contributed by atoms with Crippen LogP contribution in [0.1, 0.15) is 0 Å². The molecule has 0 aliphatic heterocycles. The van der Waals surface area contributed by atoms with Crippen molar-refractivity contribution < 1.29 is 13.2 Å². The SMILES string of the molecule is COc1ccccc1NS(=O)(=O)CBr. The van der Waals surface area contributed by atoms with Gasteiger partial charge in [0.1, 0.15) is 10.4 Å². The van der Waals surface area contributed by atoms with E-state index in [1.54, 1.807) is 24.3 Å². The first-order valence-corrected chi connectivity index (χ1v) is 6.56. The van der Waals surface area contributed by atoms with Gasteiger partial charge >= 0.3 is 0 Å². The van der Waals surface area contributed by atoms with Gasteiger partial charge < -0.3 is 4.74 Å². The maximum atomic E-state index is 11.2. The molecule has 1 aromatic carbocycles. The molecular formula is C8H10BrNO3S. The average molecular weight is 280 g/mol. The largest absolute Gasteiger partial charge is 0.495 e. The summed E-state index contributed by atoms with van der Waals surface area (Å²) >= 11 is 2.88. The molecule has 0 aliphatic rings. The summed E-state index contributed by atoms with van der Waals surface area (Å²) in [6.07, 6.45) is 0. The lowest BCUT2D eigenvalue weighted by atomic mass is 10.3. The molecule has 78 valence electrons. The molecule has 1 rings (SSSR count). The Morgan fingerprint density at radius 3 is 2.64 bits per heavy atom. The second kappa shape index (κ2) is 4.65. The van der Waals surface area contributed by atoms with Gasteiger partial charge in [-0.25, -0.2) is 8.42 Å². The van der Waals surface area contributed by atoms with Crippen LogP contribution in [0.3, 0.4) is 0 Å². The summed E-state index contributed by atoms with van der Waals surface area (Å²) in [6.45, 7) is 0. The third-order valence-corrected chi connectivity index (χ3v) is 4.14. The molecule has 6 heteroatoms. The van der Waals surface area contributed by atoms with Gasteiger partial charge in [-0.15, -0.1) is 0 Å². The van der Waals surface area contributed by atoms with E-state index in [1.165, 1.54) is 7.11 Å². The number of rotatable bonds is 4. The van der Waals surface area contributed by atoms with E-state index < -0.39 is 10.0 Å². The quantitative estimate of drug-likeness (QED) is 0.855. The van der Waals surface area contributed by atoms with Crippen molar-refractivity contribution in [1.29, 1.82) is 0 Å². The maximum absolute atomic E-state index is 11.2. The highest BCUT2D eigenvalue weighted by Gasteiger charge is 2.10. The van der Waals surface area contributed by atoms with Gasteiger partial charge in [0.15, 0.2) is 0 Å². The van der Waals surface area contributed by atoms with Gasteiger partial charge in [0.25, 0.3) is 0 Å². The number of para-hydroxylation sites is 2. The minimum Gasteiger partial charge on any atom is -0.495 e. The molecule has 0 spiro atoms. The normalized spacial score (nSPS) is 11.0. The van der Waals surface area contributed by atoms with Crippen molar-refractivity contribution in [2.45, 2.75) is 0 Å². The minimum atomic E-state index is -3.32. The van der Waals surface area contributed by atoms with Gasteiger partial charge in [-0.3, -0.25) is 4.72 Å². The molecule has 0 atom stereocenters. The Balaban J connectivity index is 2.97. The van der Waals surface area contributed by atoms with E-state index in [-0.39, 0.29) is 4.66 Å².